The Morgan fingerprint density at radius 2 is 0.899 bits per heavy atom. The van der Waals surface area contributed by atoms with Crippen LogP contribution in [0.25, 0.3) is 0 Å². The molecule has 0 aliphatic carbocycles. The number of methoxy groups -OCH3 is 1. The van der Waals surface area contributed by atoms with Gasteiger partial charge in [-0.1, -0.05) is 44.4 Å². The molecule has 36 heteroatoms. The van der Waals surface area contributed by atoms with E-state index in [1.807, 2.05) is 0 Å². The molecule has 6 fully saturated rings. The van der Waals surface area contributed by atoms with Crippen molar-refractivity contribution in [3.8, 4) is 5.75 Å². The molecule has 30 atom stereocenters. The number of aliphatic hydroxyl groups excluding tert-OH is 13. The van der Waals surface area contributed by atoms with Crippen LogP contribution in [0.5, 0.6) is 5.75 Å². The summed E-state index contributed by atoms with van der Waals surface area (Å²) in [6.45, 7) is 3.52. The Labute approximate surface area is 571 Å². The van der Waals surface area contributed by atoms with Crippen molar-refractivity contribution in [3.05, 3.63) is 42.0 Å². The van der Waals surface area contributed by atoms with Crippen molar-refractivity contribution in [2.45, 2.75) is 270 Å². The lowest BCUT2D eigenvalue weighted by Gasteiger charge is -2.51. The molecule has 6 aliphatic heterocycles. The minimum Gasteiger partial charge on any atom is -0.494 e. The van der Waals surface area contributed by atoms with E-state index in [1.54, 1.807) is 12.1 Å². The standard InChI is InChI=1S/C63H101N5O31/c1-8-9-10-11-12-13-14-15-16-20-88-33-19-17-18-32(21-33)57(85)68-40-46(79)45(78)34(22-69)92-59(40)96-52-35(23-70)93-60(41(48(52)81)65-29(4)74)97-53-36(24-71)94-61(42(49(53)82)66-30(5)75)98-54-37(25-72)95-62(43(50(54)83)67-31(6)76)99-55-38(91-58(86)39(47(55)80)64-28(3)73)26-89-63-56(87-7)51(84)44(77)27(2)90-63/h13-14,17-19,21,27,34-56,58-63,69-72,77-84,86H,8-12,15-16,20,22-26H2,1-7H3,(H,64,73)(H,65,74)(H,66,75)(H,67,76)(H,68,85)/b14-13-/t27?,34?,35?,36?,37?,38?,39-,40-,41?,42-,43?,44+,45+,46+,47+,48?,49+,50?,51+,52+,53?,54+,55?,56+,58?,59?,60-,61-,62?,63?/m0/s1. The van der Waals surface area contributed by atoms with Gasteiger partial charge in [-0.15, -0.1) is 0 Å². The van der Waals surface area contributed by atoms with Crippen LogP contribution in [-0.4, -0.2) is 327 Å². The minimum absolute atomic E-state index is 0.0482. The fourth-order valence-corrected chi connectivity index (χ4v) is 12.7. The fourth-order valence-electron chi connectivity index (χ4n) is 12.7. The predicted octanol–water partition coefficient (Wildman–Crippen LogP) is -6.72. The highest BCUT2D eigenvalue weighted by Gasteiger charge is 2.58. The zero-order valence-electron chi connectivity index (χ0n) is 56.1. The van der Waals surface area contributed by atoms with Crippen molar-refractivity contribution < 1.29 is 152 Å². The number of carbonyl (C=O) groups excluding carboxylic acids is 5. The third-order valence-corrected chi connectivity index (χ3v) is 17.8. The number of allylic oxidation sites excluding steroid dienone is 2. The summed E-state index contributed by atoms with van der Waals surface area (Å²) in [4.78, 5) is 65.1. The molecule has 99 heavy (non-hydrogen) atoms. The first-order valence-corrected chi connectivity index (χ1v) is 33.2. The Kier molecular flexibility index (Phi) is 31.7. The van der Waals surface area contributed by atoms with Gasteiger partial charge in [0.15, 0.2) is 37.7 Å². The van der Waals surface area contributed by atoms with E-state index in [1.165, 1.54) is 39.0 Å². The maximum absolute atomic E-state index is 14.0. The molecule has 36 nitrogen and oxygen atoms in total. The Bertz CT molecular complexity index is 2730. The SMILES string of the molecule is CCCCCC/C=C\CCCOc1cccc(C(=O)N[C@@H]2C(O[C@@H]3C(CO)O[C@@H](OC4C(CO)O[C@@H](O[C@@H]5C(CO)OC(OC6C(COC7OC(C)[C@@H](O)[C@@H](O)[C@H]7OC)OC(O)[C@@H](NC(C)=O)[C@H]6O)C(NC(C)=O)C5O)[C@@H](NC(C)=O)[C@H]4O)C(NC(C)=O)C3O)OC(CO)[C@@H](O)[C@@H]2O)c1. The predicted molar refractivity (Wildman–Crippen MR) is 333 cm³/mol. The fraction of sp³-hybridized carbons (Fsp3) is 0.794. The number of ether oxygens (including phenoxy) is 13. The van der Waals surface area contributed by atoms with Gasteiger partial charge in [0.2, 0.25) is 23.6 Å². The van der Waals surface area contributed by atoms with Gasteiger partial charge in [0.1, 0.15) is 146 Å². The van der Waals surface area contributed by atoms with E-state index in [4.69, 9.17) is 61.6 Å². The minimum atomic E-state index is -2.07. The molecule has 0 radical (unpaired) electrons. The molecule has 564 valence electrons. The van der Waals surface area contributed by atoms with E-state index in [9.17, 15) is 90.4 Å². The molecule has 1 aromatic rings. The van der Waals surface area contributed by atoms with Crippen LogP contribution in [0.1, 0.15) is 96.8 Å². The molecular formula is C63H101N5O31. The van der Waals surface area contributed by atoms with E-state index in [0.29, 0.717) is 18.8 Å². The number of carbonyl (C=O) groups is 5. The van der Waals surface area contributed by atoms with Crippen molar-refractivity contribution in [1.82, 2.24) is 26.6 Å². The highest BCUT2D eigenvalue weighted by Crippen LogP contribution is 2.37. The second kappa shape index (κ2) is 38.6. The second-order valence-electron chi connectivity index (χ2n) is 25.3. The summed E-state index contributed by atoms with van der Waals surface area (Å²) in [5.74, 6) is -3.67. The van der Waals surface area contributed by atoms with Crippen LogP contribution >= 0.6 is 0 Å². The first-order valence-electron chi connectivity index (χ1n) is 33.2. The molecule has 5 amide bonds. The van der Waals surface area contributed by atoms with Gasteiger partial charge in [-0.2, -0.15) is 0 Å². The Hall–Kier alpha value is -4.89. The molecule has 0 spiro atoms. The summed E-state index contributed by atoms with van der Waals surface area (Å²) in [6.07, 6.45) is -32.0. The van der Waals surface area contributed by atoms with Crippen LogP contribution in [0.4, 0.5) is 0 Å². The number of rotatable bonds is 32. The first-order chi connectivity index (χ1) is 47.2. The molecule has 6 aliphatic rings. The monoisotopic (exact) mass is 1420 g/mol. The van der Waals surface area contributed by atoms with E-state index in [0.717, 1.165) is 53.4 Å². The van der Waals surface area contributed by atoms with Crippen LogP contribution in [0.15, 0.2) is 36.4 Å². The highest BCUT2D eigenvalue weighted by molar-refractivity contribution is 5.94. The van der Waals surface area contributed by atoms with Gasteiger partial charge in [-0.05, 0) is 50.8 Å². The summed E-state index contributed by atoms with van der Waals surface area (Å²) in [5, 5.41) is 158. The van der Waals surface area contributed by atoms with Crippen LogP contribution in [-0.2, 0) is 76.0 Å². The van der Waals surface area contributed by atoms with Gasteiger partial charge in [-0.25, -0.2) is 0 Å². The second-order valence-corrected chi connectivity index (χ2v) is 25.3. The summed E-state index contributed by atoms with van der Waals surface area (Å²) < 4.78 is 77.9. The molecule has 0 bridgehead atoms. The number of unbranched alkanes of at least 4 members (excludes halogenated alkanes) is 5. The maximum atomic E-state index is 14.0. The molecule has 7 rings (SSSR count). The first kappa shape index (κ1) is 81.4. The van der Waals surface area contributed by atoms with E-state index in [-0.39, 0.29) is 5.56 Å². The normalized spacial score (nSPS) is 39.6. The smallest absolute Gasteiger partial charge is 0.251 e. The third kappa shape index (κ3) is 20.9. The Morgan fingerprint density at radius 1 is 0.465 bits per heavy atom. The summed E-state index contributed by atoms with van der Waals surface area (Å²) in [5.41, 5.74) is 0.0482. The zero-order valence-corrected chi connectivity index (χ0v) is 56.1. The van der Waals surface area contributed by atoms with Crippen molar-refractivity contribution in [1.29, 1.82) is 0 Å². The molecule has 0 aromatic heterocycles. The van der Waals surface area contributed by atoms with Crippen molar-refractivity contribution in [2.75, 3.05) is 46.8 Å². The third-order valence-electron chi connectivity index (χ3n) is 17.8. The van der Waals surface area contributed by atoms with Crippen LogP contribution in [0.3, 0.4) is 0 Å². The maximum Gasteiger partial charge on any atom is 0.251 e. The molecule has 18 N–H and O–H groups in total. The number of hydrogen-bond acceptors (Lipinski definition) is 31. The molecule has 6 heterocycles. The highest BCUT2D eigenvalue weighted by atomic mass is 16.8. The topological polar surface area (TPSA) is 528 Å². The van der Waals surface area contributed by atoms with Crippen LogP contribution in [0.2, 0.25) is 0 Å². The molecule has 16 unspecified atom stereocenters. The van der Waals surface area contributed by atoms with E-state index >= 15 is 0 Å². The van der Waals surface area contributed by atoms with Crippen molar-refractivity contribution >= 4 is 29.5 Å². The average molecular weight is 1420 g/mol. The summed E-state index contributed by atoms with van der Waals surface area (Å²) in [7, 11) is 1.21. The van der Waals surface area contributed by atoms with Crippen LogP contribution < -0.4 is 31.3 Å². The average Bonchev–Trinajstić information content (AvgIpc) is 0.791. The number of aliphatic hydroxyl groups is 13. The molecular weight excluding hydrogens is 1320 g/mol. The van der Waals surface area contributed by atoms with Crippen LogP contribution in [0, 0.1) is 0 Å². The number of benzene rings is 1. The molecule has 1 aromatic carbocycles. The van der Waals surface area contributed by atoms with Crippen molar-refractivity contribution in [2.24, 2.45) is 0 Å². The largest absolute Gasteiger partial charge is 0.494 e. The van der Waals surface area contributed by atoms with Gasteiger partial charge in [0, 0.05) is 40.4 Å². The van der Waals surface area contributed by atoms with Gasteiger partial charge in [-0.3, -0.25) is 24.0 Å². The van der Waals surface area contributed by atoms with Gasteiger partial charge >= 0.3 is 0 Å². The lowest BCUT2D eigenvalue weighted by Crippen LogP contribution is -2.72. The zero-order chi connectivity index (χ0) is 72.5. The summed E-state index contributed by atoms with van der Waals surface area (Å²) in [6, 6.07) is -2.45. The Morgan fingerprint density at radius 3 is 1.35 bits per heavy atom. The lowest BCUT2D eigenvalue weighted by atomic mass is 9.93. The van der Waals surface area contributed by atoms with Gasteiger partial charge in [0.05, 0.1) is 45.7 Å². The molecule has 0 saturated carbocycles. The van der Waals surface area contributed by atoms with E-state index in [2.05, 4.69) is 45.7 Å². The van der Waals surface area contributed by atoms with Crippen molar-refractivity contribution in [3.63, 3.8) is 0 Å². The number of hydrogen-bond donors (Lipinski definition) is 18. The van der Waals surface area contributed by atoms with Gasteiger partial charge in [0.25, 0.3) is 5.91 Å². The summed E-state index contributed by atoms with van der Waals surface area (Å²) >= 11 is 0. The number of amides is 5. The van der Waals surface area contributed by atoms with E-state index < -0.39 is 246 Å². The quantitative estimate of drug-likeness (QED) is 0.0235. The Balaban J connectivity index is 1.07. The number of nitrogens with one attached hydrogen (secondary N) is 5. The lowest BCUT2D eigenvalue weighted by molar-refractivity contribution is -0.368. The van der Waals surface area contributed by atoms with Gasteiger partial charge < -0.3 is 155 Å². The molecule has 6 saturated heterocycles.